The average molecular weight is 379 g/mol. The van der Waals surface area contributed by atoms with E-state index in [2.05, 4.69) is 0 Å². The third-order valence-electron chi connectivity index (χ3n) is 6.49. The number of phenolic OH excluding ortho intramolecular Hbond substituents is 1. The molecule has 1 aromatic carbocycles. The lowest BCUT2D eigenvalue weighted by molar-refractivity contribution is -0.337. The van der Waals surface area contributed by atoms with E-state index in [-0.39, 0.29) is 11.3 Å². The molecule has 4 saturated carbocycles. The quantitative estimate of drug-likeness (QED) is 0.795. The highest BCUT2D eigenvalue weighted by Gasteiger charge is 2.57. The van der Waals surface area contributed by atoms with Crippen molar-refractivity contribution < 1.29 is 33.3 Å². The maximum atomic E-state index is 14.3. The number of carboxylic acid groups (broad SMARTS) is 1. The lowest BCUT2D eigenvalue weighted by atomic mass is 9.49. The first-order valence-electron chi connectivity index (χ1n) is 9.29. The van der Waals surface area contributed by atoms with Crippen molar-refractivity contribution in [3.63, 3.8) is 0 Å². The van der Waals surface area contributed by atoms with Crippen molar-refractivity contribution in [2.45, 2.75) is 50.6 Å². The molecule has 5 nitrogen and oxygen atoms in total. The van der Waals surface area contributed by atoms with Crippen LogP contribution in [0.4, 0.5) is 8.78 Å². The predicted octanol–water partition coefficient (Wildman–Crippen LogP) is 2.58. The van der Waals surface area contributed by atoms with Crippen molar-refractivity contribution in [1.82, 2.24) is 0 Å². The second-order valence-electron chi connectivity index (χ2n) is 8.49. The van der Waals surface area contributed by atoms with E-state index in [1.54, 1.807) is 0 Å². The molecule has 27 heavy (non-hydrogen) atoms. The highest BCUT2D eigenvalue weighted by Crippen LogP contribution is 2.60. The van der Waals surface area contributed by atoms with Crippen LogP contribution in [0.1, 0.15) is 50.2 Å². The fraction of sp³-hybridized carbons (Fsp3) is 0.600. The second-order valence-corrected chi connectivity index (χ2v) is 8.49. The summed E-state index contributed by atoms with van der Waals surface area (Å²) in [5.74, 6) is -6.64. The predicted molar refractivity (Wildman–Crippen MR) is 87.5 cm³/mol. The Hall–Kier alpha value is -2.18. The number of aromatic hydroxyl groups is 1. The van der Waals surface area contributed by atoms with Crippen LogP contribution >= 0.6 is 0 Å². The molecule has 0 radical (unpaired) electrons. The van der Waals surface area contributed by atoms with Crippen LogP contribution in [0.5, 0.6) is 5.75 Å². The van der Waals surface area contributed by atoms with Crippen molar-refractivity contribution >= 4 is 11.9 Å². The fourth-order valence-electron chi connectivity index (χ4n) is 5.70. The molecule has 0 aromatic heterocycles. The molecule has 0 saturated heterocycles. The van der Waals surface area contributed by atoms with Gasteiger partial charge in [-0.1, -0.05) is 12.1 Å². The van der Waals surface area contributed by atoms with E-state index in [0.717, 1.165) is 43.5 Å². The van der Waals surface area contributed by atoms with Crippen LogP contribution in [0.25, 0.3) is 0 Å². The Balaban J connectivity index is 1.62. The molecule has 5 rings (SSSR count). The number of alkyl halides is 2. The van der Waals surface area contributed by atoms with Crippen molar-refractivity contribution in [2.24, 2.45) is 23.2 Å². The third kappa shape index (κ3) is 3.07. The number of hydrogen-bond acceptors (Lipinski definition) is 5. The summed E-state index contributed by atoms with van der Waals surface area (Å²) in [7, 11) is 0. The zero-order valence-corrected chi connectivity index (χ0v) is 14.7. The summed E-state index contributed by atoms with van der Waals surface area (Å²) in [5.41, 5.74) is -0.980. The first-order chi connectivity index (χ1) is 12.7. The number of ether oxygens (including phenoxy) is 1. The highest BCUT2D eigenvalue weighted by molar-refractivity contribution is 5.80. The molecule has 4 bridgehead atoms. The minimum Gasteiger partial charge on any atom is -0.544 e. The lowest BCUT2D eigenvalue weighted by Crippen LogP contribution is -2.52. The van der Waals surface area contributed by atoms with Crippen molar-refractivity contribution in [2.75, 3.05) is 0 Å². The van der Waals surface area contributed by atoms with Crippen LogP contribution in [0.15, 0.2) is 24.3 Å². The van der Waals surface area contributed by atoms with Gasteiger partial charge in [-0.05, 0) is 74.0 Å². The molecule has 1 unspecified atom stereocenters. The van der Waals surface area contributed by atoms with E-state index in [4.69, 9.17) is 4.74 Å². The smallest absolute Gasteiger partial charge is 0.327 e. The molecule has 7 heteroatoms. The molecule has 146 valence electrons. The van der Waals surface area contributed by atoms with Gasteiger partial charge in [0.2, 0.25) is 0 Å². The molecule has 1 atom stereocenters. The van der Waals surface area contributed by atoms with E-state index in [0.29, 0.717) is 37.0 Å². The monoisotopic (exact) mass is 379 g/mol. The number of carboxylic acids is 1. The van der Waals surface area contributed by atoms with E-state index in [1.807, 2.05) is 0 Å². The maximum absolute atomic E-state index is 14.3. The maximum Gasteiger partial charge on any atom is 0.327 e. The lowest BCUT2D eigenvalue weighted by Gasteiger charge is -2.55. The van der Waals surface area contributed by atoms with Gasteiger partial charge < -0.3 is 19.7 Å². The Morgan fingerprint density at radius 2 is 1.56 bits per heavy atom. The largest absolute Gasteiger partial charge is 0.544 e. The van der Waals surface area contributed by atoms with Crippen molar-refractivity contribution in [3.05, 3.63) is 29.8 Å². The number of benzene rings is 1. The van der Waals surface area contributed by atoms with Crippen LogP contribution < -0.4 is 5.11 Å². The van der Waals surface area contributed by atoms with Crippen molar-refractivity contribution in [1.29, 1.82) is 0 Å². The van der Waals surface area contributed by atoms with Crippen LogP contribution in [0.2, 0.25) is 0 Å². The summed E-state index contributed by atoms with van der Waals surface area (Å²) in [6, 6.07) is 4.55. The van der Waals surface area contributed by atoms with Gasteiger partial charge in [0.15, 0.2) is 6.10 Å². The van der Waals surface area contributed by atoms with Crippen molar-refractivity contribution in [3.8, 4) is 5.75 Å². The number of esters is 1. The summed E-state index contributed by atoms with van der Waals surface area (Å²) in [6.45, 7) is 0. The fourth-order valence-corrected chi connectivity index (χ4v) is 5.70. The van der Waals surface area contributed by atoms with E-state index >= 15 is 0 Å². The SMILES string of the molecule is O=C(OC(c1ccc(O)cc1)C(F)(F)C(=O)[O-])C12CC3CC(CC(C3)C1)C2. The number of halogens is 2. The molecule has 4 fully saturated rings. The first-order valence-corrected chi connectivity index (χ1v) is 9.29. The van der Waals surface area contributed by atoms with Gasteiger partial charge in [-0.3, -0.25) is 4.79 Å². The van der Waals surface area contributed by atoms with Crippen LogP contribution in [0, 0.1) is 23.2 Å². The van der Waals surface area contributed by atoms with E-state index < -0.39 is 29.4 Å². The molecule has 0 heterocycles. The summed E-state index contributed by atoms with van der Waals surface area (Å²) < 4.78 is 33.9. The minimum absolute atomic E-state index is 0.165. The molecule has 0 aliphatic heterocycles. The first kappa shape index (κ1) is 18.2. The second kappa shape index (κ2) is 6.17. The summed E-state index contributed by atoms with van der Waals surface area (Å²) in [6.07, 6.45) is 2.80. The Labute approximate surface area is 155 Å². The number of carbonyl (C=O) groups excluding carboxylic acids is 2. The topological polar surface area (TPSA) is 86.7 Å². The normalized spacial score (nSPS) is 32.9. The number of phenols is 1. The molecule has 4 aliphatic rings. The molecular weight excluding hydrogens is 358 g/mol. The van der Waals surface area contributed by atoms with Gasteiger partial charge in [0.05, 0.1) is 5.41 Å². The molecule has 1 aromatic rings. The van der Waals surface area contributed by atoms with Gasteiger partial charge in [0.25, 0.3) is 0 Å². The van der Waals surface area contributed by atoms with Crippen LogP contribution in [-0.2, 0) is 14.3 Å². The van der Waals surface area contributed by atoms with Gasteiger partial charge in [-0.2, -0.15) is 8.78 Å². The Morgan fingerprint density at radius 3 is 2.00 bits per heavy atom. The van der Waals surface area contributed by atoms with Gasteiger partial charge >= 0.3 is 11.9 Å². The summed E-state index contributed by atoms with van der Waals surface area (Å²) in [4.78, 5) is 24.0. The number of carbonyl (C=O) groups is 2. The third-order valence-corrected chi connectivity index (χ3v) is 6.49. The molecule has 0 spiro atoms. The van der Waals surface area contributed by atoms with Gasteiger partial charge in [-0.15, -0.1) is 0 Å². The molecular formula is C20H21F2O5-. The minimum atomic E-state index is -4.38. The van der Waals surface area contributed by atoms with E-state index in [1.165, 1.54) is 0 Å². The average Bonchev–Trinajstić information content (AvgIpc) is 2.59. The van der Waals surface area contributed by atoms with Crippen LogP contribution in [0.3, 0.4) is 0 Å². The van der Waals surface area contributed by atoms with Gasteiger partial charge in [0.1, 0.15) is 11.7 Å². The molecule has 1 N–H and O–H groups in total. The number of aliphatic carboxylic acids is 1. The van der Waals surface area contributed by atoms with Crippen LogP contribution in [-0.4, -0.2) is 23.0 Å². The zero-order chi connectivity index (χ0) is 19.4. The molecule has 4 aliphatic carbocycles. The standard InChI is InChI=1S/C20H22F2O5/c21-20(22,17(24)25)16(14-1-3-15(23)4-2-14)27-18(26)19-8-11-5-12(9-19)7-13(6-11)10-19/h1-4,11-13,16,23H,5-10H2,(H,24,25)/p-1. The van der Waals surface area contributed by atoms with Gasteiger partial charge in [0, 0.05) is 0 Å². The summed E-state index contributed by atoms with van der Waals surface area (Å²) in [5, 5.41) is 20.4. The van der Waals surface area contributed by atoms with E-state index in [9.17, 15) is 28.6 Å². The highest BCUT2D eigenvalue weighted by atomic mass is 19.3. The zero-order valence-electron chi connectivity index (χ0n) is 14.7. The summed E-state index contributed by atoms with van der Waals surface area (Å²) >= 11 is 0. The molecule has 0 amide bonds. The number of rotatable bonds is 5. The Morgan fingerprint density at radius 1 is 1.07 bits per heavy atom. The Bertz CT molecular complexity index is 723. The van der Waals surface area contributed by atoms with Gasteiger partial charge in [-0.25, -0.2) is 0 Å². The Kier molecular flexibility index (Phi) is 4.16. The number of hydrogen-bond donors (Lipinski definition) is 1.